The summed E-state index contributed by atoms with van der Waals surface area (Å²) >= 11 is 1.29. The van der Waals surface area contributed by atoms with E-state index in [-0.39, 0.29) is 24.4 Å². The summed E-state index contributed by atoms with van der Waals surface area (Å²) in [6.45, 7) is 0.670. The molecule has 2 aromatic rings. The van der Waals surface area contributed by atoms with Crippen molar-refractivity contribution in [3.63, 3.8) is 0 Å². The minimum absolute atomic E-state index is 0.0677. The molecule has 0 spiro atoms. The molecular weight excluding hydrogens is 480 g/mol. The lowest BCUT2D eigenvalue weighted by Crippen LogP contribution is -2.43. The van der Waals surface area contributed by atoms with Gasteiger partial charge in [-0.1, -0.05) is 12.1 Å². The Hall–Kier alpha value is -3.69. The highest BCUT2D eigenvalue weighted by Gasteiger charge is 2.49. The van der Waals surface area contributed by atoms with Crippen LogP contribution >= 0.6 is 11.3 Å². The highest BCUT2D eigenvalue weighted by Crippen LogP contribution is 2.36. The summed E-state index contributed by atoms with van der Waals surface area (Å²) in [5.74, 6) is -4.94. The predicted molar refractivity (Wildman–Crippen MR) is 122 cm³/mol. The van der Waals surface area contributed by atoms with Crippen LogP contribution in [0.1, 0.15) is 35.5 Å². The van der Waals surface area contributed by atoms with Crippen LogP contribution in [-0.4, -0.2) is 64.4 Å². The van der Waals surface area contributed by atoms with Crippen LogP contribution in [0.2, 0.25) is 0 Å². The number of aromatic nitrogens is 1. The van der Waals surface area contributed by atoms with Crippen molar-refractivity contribution < 1.29 is 28.2 Å². The van der Waals surface area contributed by atoms with Gasteiger partial charge >= 0.3 is 11.9 Å². The largest absolute Gasteiger partial charge is 0.480 e. The van der Waals surface area contributed by atoms with Gasteiger partial charge in [0.25, 0.3) is 5.92 Å². The topological polar surface area (TPSA) is 128 Å². The molecule has 0 aliphatic carbocycles. The van der Waals surface area contributed by atoms with Gasteiger partial charge in [0, 0.05) is 30.2 Å². The van der Waals surface area contributed by atoms with Crippen molar-refractivity contribution in [1.82, 2.24) is 15.2 Å². The second-order valence-electron chi connectivity index (χ2n) is 8.01. The number of hydrogen-bond acceptors (Lipinski definition) is 9. The van der Waals surface area contributed by atoms with Gasteiger partial charge in [0.15, 0.2) is 10.8 Å². The Bertz CT molecular complexity index is 1220. The zero-order valence-corrected chi connectivity index (χ0v) is 19.4. The Morgan fingerprint density at radius 3 is 2.71 bits per heavy atom. The molecule has 2 aliphatic rings. The fourth-order valence-corrected chi connectivity index (χ4v) is 4.68. The number of amidine groups is 1. The number of aliphatic imine (C=N–C) groups is 1. The summed E-state index contributed by atoms with van der Waals surface area (Å²) in [5.41, 5.74) is 1.28. The fourth-order valence-electron chi connectivity index (χ4n) is 4.10. The van der Waals surface area contributed by atoms with Crippen molar-refractivity contribution in [3.8, 4) is 6.07 Å². The maximum atomic E-state index is 14.2. The molecule has 0 amide bonds. The third-order valence-electron chi connectivity index (χ3n) is 5.63. The molecule has 182 valence electrons. The molecule has 9 nitrogen and oxygen atoms in total. The minimum Gasteiger partial charge on any atom is -0.480 e. The van der Waals surface area contributed by atoms with Crippen LogP contribution in [0.3, 0.4) is 0 Å². The van der Waals surface area contributed by atoms with E-state index in [4.69, 9.17) is 10.00 Å². The number of benzene rings is 1. The van der Waals surface area contributed by atoms with E-state index in [1.165, 1.54) is 11.3 Å². The van der Waals surface area contributed by atoms with Gasteiger partial charge in [0.2, 0.25) is 0 Å². The smallest absolute Gasteiger partial charge is 0.338 e. The summed E-state index contributed by atoms with van der Waals surface area (Å²) in [6, 6.07) is 6.19. The SMILES string of the molecule is CCOC(=O)C1=C(CN2CC(F)(F)CC2C(=O)O)NC(c2nccs2)=NC1c1ccc(C#N)cc1. The van der Waals surface area contributed by atoms with E-state index in [9.17, 15) is 23.5 Å². The van der Waals surface area contributed by atoms with E-state index in [0.29, 0.717) is 22.0 Å². The van der Waals surface area contributed by atoms with Gasteiger partial charge in [-0.25, -0.2) is 18.6 Å². The third kappa shape index (κ3) is 5.21. The zero-order valence-electron chi connectivity index (χ0n) is 18.6. The summed E-state index contributed by atoms with van der Waals surface area (Å²) in [4.78, 5) is 34.8. The standard InChI is InChI=1S/C23H21F2N5O4S/c1-2-34-22(33)17-15(11-30-12-23(24,25)9-16(30)21(31)32)28-19(20-27-7-8-35-20)29-18(17)14-5-3-13(10-26)4-6-14/h3-8,16,18H,2,9,11-12H2,1H3,(H,28,29)(H,31,32). The number of esters is 1. The summed E-state index contributed by atoms with van der Waals surface area (Å²) in [5, 5.41) is 23.9. The van der Waals surface area contributed by atoms with E-state index in [1.807, 2.05) is 6.07 Å². The lowest BCUT2D eigenvalue weighted by Gasteiger charge is -2.30. The van der Waals surface area contributed by atoms with Gasteiger partial charge in [-0.3, -0.25) is 14.7 Å². The number of thiazole rings is 1. The number of rotatable bonds is 7. The number of ether oxygens (including phenoxy) is 1. The average molecular weight is 502 g/mol. The van der Waals surface area contributed by atoms with Crippen LogP contribution in [0.25, 0.3) is 0 Å². The Balaban J connectivity index is 1.82. The molecule has 1 aromatic heterocycles. The monoisotopic (exact) mass is 501 g/mol. The van der Waals surface area contributed by atoms with E-state index < -0.39 is 42.9 Å². The number of aliphatic carboxylic acids is 1. The Labute approximate surface area is 203 Å². The van der Waals surface area contributed by atoms with Crippen molar-refractivity contribution in [2.45, 2.75) is 31.4 Å². The first-order valence-electron chi connectivity index (χ1n) is 10.7. The molecule has 2 atom stereocenters. The first-order valence-corrected chi connectivity index (χ1v) is 11.6. The number of carboxylic acids is 1. The van der Waals surface area contributed by atoms with E-state index in [1.54, 1.807) is 42.8 Å². The van der Waals surface area contributed by atoms with Gasteiger partial charge in [0.05, 0.1) is 30.4 Å². The summed E-state index contributed by atoms with van der Waals surface area (Å²) < 4.78 is 33.6. The van der Waals surface area contributed by atoms with Crippen molar-refractivity contribution >= 4 is 29.1 Å². The number of nitriles is 1. The number of nitrogens with zero attached hydrogens (tertiary/aromatic N) is 4. The average Bonchev–Trinajstić information content (AvgIpc) is 3.46. The van der Waals surface area contributed by atoms with Gasteiger partial charge in [-0.05, 0) is 24.6 Å². The lowest BCUT2D eigenvalue weighted by atomic mass is 9.94. The van der Waals surface area contributed by atoms with E-state index >= 15 is 0 Å². The Kier molecular flexibility index (Phi) is 6.90. The molecule has 2 aliphatic heterocycles. The maximum absolute atomic E-state index is 14.2. The molecule has 2 N–H and O–H groups in total. The van der Waals surface area contributed by atoms with Crippen LogP contribution in [0.4, 0.5) is 8.78 Å². The zero-order chi connectivity index (χ0) is 25.2. The number of likely N-dealkylation sites (tertiary alicyclic amines) is 1. The van der Waals surface area contributed by atoms with Gasteiger partial charge in [-0.15, -0.1) is 11.3 Å². The highest BCUT2D eigenvalue weighted by atomic mass is 32.1. The number of nitrogens with one attached hydrogen (secondary N) is 1. The molecule has 4 rings (SSSR count). The van der Waals surface area contributed by atoms with Crippen LogP contribution in [-0.2, 0) is 14.3 Å². The first-order chi connectivity index (χ1) is 16.7. The van der Waals surface area contributed by atoms with Crippen LogP contribution in [0.15, 0.2) is 52.1 Å². The third-order valence-corrected chi connectivity index (χ3v) is 6.41. The number of carboxylic acid groups (broad SMARTS) is 1. The van der Waals surface area contributed by atoms with Crippen LogP contribution in [0.5, 0.6) is 0 Å². The first kappa shape index (κ1) is 24.4. The van der Waals surface area contributed by atoms with Gasteiger partial charge in [-0.2, -0.15) is 5.26 Å². The number of alkyl halides is 2. The summed E-state index contributed by atoms with van der Waals surface area (Å²) in [6.07, 6.45) is 0.753. The number of hydrogen-bond donors (Lipinski definition) is 2. The molecule has 1 saturated heterocycles. The molecule has 1 aromatic carbocycles. The van der Waals surface area contributed by atoms with Gasteiger partial charge < -0.3 is 15.2 Å². The van der Waals surface area contributed by atoms with Crippen LogP contribution < -0.4 is 5.32 Å². The van der Waals surface area contributed by atoms with Crippen LogP contribution in [0, 0.1) is 11.3 Å². The maximum Gasteiger partial charge on any atom is 0.338 e. The molecule has 1 fully saturated rings. The predicted octanol–water partition coefficient (Wildman–Crippen LogP) is 2.72. The second kappa shape index (κ2) is 9.89. The molecule has 3 heterocycles. The quantitative estimate of drug-likeness (QED) is 0.555. The van der Waals surface area contributed by atoms with E-state index in [2.05, 4.69) is 15.3 Å². The highest BCUT2D eigenvalue weighted by molar-refractivity contribution is 7.11. The normalized spacial score (nSPS) is 21.7. The molecule has 0 radical (unpaired) electrons. The van der Waals surface area contributed by atoms with Crippen molar-refractivity contribution in [2.75, 3.05) is 19.7 Å². The Morgan fingerprint density at radius 2 is 2.11 bits per heavy atom. The molecule has 2 unspecified atom stereocenters. The van der Waals surface area contributed by atoms with Crippen molar-refractivity contribution in [2.24, 2.45) is 4.99 Å². The lowest BCUT2D eigenvalue weighted by molar-refractivity contribution is -0.142. The van der Waals surface area contributed by atoms with Crippen molar-refractivity contribution in [3.05, 3.63) is 63.2 Å². The molecule has 0 bridgehead atoms. The fraction of sp³-hybridized carbons (Fsp3) is 0.348. The molecule has 12 heteroatoms. The number of halogens is 2. The number of carbonyl (C=O) groups is 2. The van der Waals surface area contributed by atoms with Crippen molar-refractivity contribution in [1.29, 1.82) is 5.26 Å². The molecule has 0 saturated carbocycles. The second-order valence-corrected chi connectivity index (χ2v) is 8.90. The molecule has 35 heavy (non-hydrogen) atoms. The minimum atomic E-state index is -3.18. The number of carbonyl (C=O) groups excluding carboxylic acids is 1. The molecular formula is C23H21F2N5O4S. The Morgan fingerprint density at radius 1 is 1.37 bits per heavy atom. The van der Waals surface area contributed by atoms with E-state index in [0.717, 1.165) is 4.90 Å². The van der Waals surface area contributed by atoms with Gasteiger partial charge in [0.1, 0.15) is 12.1 Å². The summed E-state index contributed by atoms with van der Waals surface area (Å²) in [7, 11) is 0.